The van der Waals surface area contributed by atoms with E-state index in [-0.39, 0.29) is 5.91 Å². The van der Waals surface area contributed by atoms with E-state index in [1.807, 2.05) is 25.1 Å². The Morgan fingerprint density at radius 2 is 1.96 bits per heavy atom. The Hall–Kier alpha value is -2.60. The summed E-state index contributed by atoms with van der Waals surface area (Å²) in [6.45, 7) is 7.06. The van der Waals surface area contributed by atoms with E-state index in [0.29, 0.717) is 41.4 Å². The number of ether oxygens (including phenoxy) is 1. The summed E-state index contributed by atoms with van der Waals surface area (Å²) in [5.41, 5.74) is 1.69. The molecule has 1 amide bonds. The summed E-state index contributed by atoms with van der Waals surface area (Å²) >= 11 is 5.14. The minimum Gasteiger partial charge on any atom is -0.486 e. The summed E-state index contributed by atoms with van der Waals surface area (Å²) in [6.07, 6.45) is 1.66. The Morgan fingerprint density at radius 1 is 1.23 bits per heavy atom. The molecule has 0 bridgehead atoms. The SMILES string of the molecule is CCN1C(=O)/C(=C\c2ccc(COc3ccc(C(C)C)cc3)o2)NC1=S. The predicted octanol–water partition coefficient (Wildman–Crippen LogP) is 4.06. The highest BCUT2D eigenvalue weighted by atomic mass is 32.1. The first kappa shape index (κ1) is 18.2. The number of carbonyl (C=O) groups excluding carboxylic acids is 1. The molecule has 0 unspecified atom stereocenters. The first-order valence-electron chi connectivity index (χ1n) is 8.64. The van der Waals surface area contributed by atoms with Crippen molar-refractivity contribution in [3.05, 3.63) is 59.2 Å². The Bertz CT molecular complexity index is 837. The van der Waals surface area contributed by atoms with Crippen LogP contribution in [0.3, 0.4) is 0 Å². The fourth-order valence-electron chi connectivity index (χ4n) is 2.65. The number of benzene rings is 1. The summed E-state index contributed by atoms with van der Waals surface area (Å²) in [6, 6.07) is 11.7. The second kappa shape index (κ2) is 7.74. The van der Waals surface area contributed by atoms with Crippen molar-refractivity contribution in [2.45, 2.75) is 33.3 Å². The molecule has 1 fully saturated rings. The van der Waals surface area contributed by atoms with Gasteiger partial charge in [0.15, 0.2) is 5.11 Å². The van der Waals surface area contributed by atoms with Crippen LogP contribution in [0.4, 0.5) is 0 Å². The molecule has 2 aromatic rings. The normalized spacial score (nSPS) is 15.8. The fourth-order valence-corrected chi connectivity index (χ4v) is 2.98. The van der Waals surface area contributed by atoms with Gasteiger partial charge in [-0.2, -0.15) is 0 Å². The molecule has 0 spiro atoms. The lowest BCUT2D eigenvalue weighted by Crippen LogP contribution is -2.30. The molecule has 26 heavy (non-hydrogen) atoms. The lowest BCUT2D eigenvalue weighted by atomic mass is 10.0. The highest BCUT2D eigenvalue weighted by Crippen LogP contribution is 2.21. The highest BCUT2D eigenvalue weighted by molar-refractivity contribution is 7.80. The lowest BCUT2D eigenvalue weighted by molar-refractivity contribution is -0.122. The first-order valence-corrected chi connectivity index (χ1v) is 9.04. The van der Waals surface area contributed by atoms with Crippen molar-refractivity contribution in [2.75, 3.05) is 6.54 Å². The van der Waals surface area contributed by atoms with Crippen LogP contribution in [-0.2, 0) is 11.4 Å². The molecule has 5 nitrogen and oxygen atoms in total. The van der Waals surface area contributed by atoms with Crippen LogP contribution in [0.15, 0.2) is 46.5 Å². The van der Waals surface area contributed by atoms with Gasteiger partial charge in [0.1, 0.15) is 29.6 Å². The zero-order valence-corrected chi connectivity index (χ0v) is 15.9. The third kappa shape index (κ3) is 3.96. The molecule has 1 aliphatic rings. The molecule has 1 N–H and O–H groups in total. The van der Waals surface area contributed by atoms with E-state index in [9.17, 15) is 4.79 Å². The van der Waals surface area contributed by atoms with Crippen molar-refractivity contribution in [3.8, 4) is 5.75 Å². The van der Waals surface area contributed by atoms with E-state index in [4.69, 9.17) is 21.4 Å². The van der Waals surface area contributed by atoms with Gasteiger partial charge >= 0.3 is 0 Å². The number of carbonyl (C=O) groups is 1. The zero-order chi connectivity index (χ0) is 18.7. The van der Waals surface area contributed by atoms with Crippen molar-refractivity contribution < 1.29 is 13.9 Å². The van der Waals surface area contributed by atoms with Gasteiger partial charge in [0, 0.05) is 12.6 Å². The predicted molar refractivity (Wildman–Crippen MR) is 105 cm³/mol. The number of nitrogens with zero attached hydrogens (tertiary/aromatic N) is 1. The second-order valence-corrected chi connectivity index (χ2v) is 6.74. The quantitative estimate of drug-likeness (QED) is 0.614. The summed E-state index contributed by atoms with van der Waals surface area (Å²) in [5.74, 6) is 2.41. The van der Waals surface area contributed by atoms with Gasteiger partial charge in [0.05, 0.1) is 0 Å². The number of hydrogen-bond donors (Lipinski definition) is 1. The summed E-state index contributed by atoms with van der Waals surface area (Å²) < 4.78 is 11.5. The number of furan rings is 1. The molecule has 136 valence electrons. The number of rotatable bonds is 6. The first-order chi connectivity index (χ1) is 12.5. The Labute approximate surface area is 158 Å². The molecule has 0 radical (unpaired) electrons. The second-order valence-electron chi connectivity index (χ2n) is 6.35. The minimum absolute atomic E-state index is 0.142. The van der Waals surface area contributed by atoms with Crippen molar-refractivity contribution in [3.63, 3.8) is 0 Å². The van der Waals surface area contributed by atoms with Gasteiger partial charge < -0.3 is 14.5 Å². The molecular weight excluding hydrogens is 348 g/mol. The molecule has 0 atom stereocenters. The zero-order valence-electron chi connectivity index (χ0n) is 15.1. The van der Waals surface area contributed by atoms with Gasteiger partial charge in [-0.05, 0) is 54.9 Å². The molecular formula is C20H22N2O3S. The van der Waals surface area contributed by atoms with Gasteiger partial charge in [-0.15, -0.1) is 0 Å². The maximum absolute atomic E-state index is 12.2. The number of hydrogen-bond acceptors (Lipinski definition) is 4. The monoisotopic (exact) mass is 370 g/mol. The van der Waals surface area contributed by atoms with Crippen LogP contribution in [0.2, 0.25) is 0 Å². The number of nitrogens with one attached hydrogen (secondary N) is 1. The van der Waals surface area contributed by atoms with Crippen LogP contribution in [0.25, 0.3) is 6.08 Å². The third-order valence-corrected chi connectivity index (χ3v) is 4.50. The topological polar surface area (TPSA) is 54.7 Å². The van der Waals surface area contributed by atoms with Crippen LogP contribution in [0, 0.1) is 0 Å². The fraction of sp³-hybridized carbons (Fsp3) is 0.300. The number of amides is 1. The van der Waals surface area contributed by atoms with Crippen LogP contribution < -0.4 is 10.1 Å². The van der Waals surface area contributed by atoms with Gasteiger partial charge in [0.25, 0.3) is 5.91 Å². The highest BCUT2D eigenvalue weighted by Gasteiger charge is 2.29. The van der Waals surface area contributed by atoms with Gasteiger partial charge in [-0.25, -0.2) is 0 Å². The average Bonchev–Trinajstić information content (AvgIpc) is 3.18. The molecule has 0 saturated carbocycles. The van der Waals surface area contributed by atoms with Gasteiger partial charge in [-0.3, -0.25) is 9.69 Å². The number of likely N-dealkylation sites (N-methyl/N-ethyl adjacent to an activating group) is 1. The van der Waals surface area contributed by atoms with Crippen LogP contribution >= 0.6 is 12.2 Å². The summed E-state index contributed by atoms with van der Waals surface area (Å²) in [7, 11) is 0. The van der Waals surface area contributed by atoms with E-state index in [1.54, 1.807) is 12.1 Å². The van der Waals surface area contributed by atoms with Crippen molar-refractivity contribution in [1.82, 2.24) is 10.2 Å². The lowest BCUT2D eigenvalue weighted by Gasteiger charge is -2.08. The Morgan fingerprint density at radius 3 is 2.58 bits per heavy atom. The van der Waals surface area contributed by atoms with E-state index in [0.717, 1.165) is 5.75 Å². The maximum Gasteiger partial charge on any atom is 0.276 e. The number of thiocarbonyl (C=S) groups is 1. The molecule has 1 aromatic heterocycles. The Balaban J connectivity index is 1.62. The van der Waals surface area contributed by atoms with E-state index >= 15 is 0 Å². The van der Waals surface area contributed by atoms with Gasteiger partial charge in [0.2, 0.25) is 0 Å². The minimum atomic E-state index is -0.142. The molecule has 6 heteroatoms. The molecule has 0 aliphatic carbocycles. The van der Waals surface area contributed by atoms with Crippen molar-refractivity contribution in [1.29, 1.82) is 0 Å². The van der Waals surface area contributed by atoms with Crippen LogP contribution in [0.5, 0.6) is 5.75 Å². The average molecular weight is 370 g/mol. The molecule has 1 aliphatic heterocycles. The third-order valence-electron chi connectivity index (χ3n) is 4.18. The van der Waals surface area contributed by atoms with Crippen LogP contribution in [-0.4, -0.2) is 22.5 Å². The smallest absolute Gasteiger partial charge is 0.276 e. The summed E-state index contributed by atoms with van der Waals surface area (Å²) in [5, 5.41) is 3.33. The van der Waals surface area contributed by atoms with Crippen LogP contribution in [0.1, 0.15) is 43.8 Å². The Kier molecular flexibility index (Phi) is 5.42. The molecule has 1 aromatic carbocycles. The van der Waals surface area contributed by atoms with E-state index in [2.05, 4.69) is 31.3 Å². The standard InChI is InChI=1S/C20H22N2O3S/c1-4-22-19(23)18(21-20(22)26)11-16-9-10-17(25-16)12-24-15-7-5-14(6-8-15)13(2)3/h5-11,13H,4,12H2,1-3H3,(H,21,26)/b18-11+. The van der Waals surface area contributed by atoms with E-state index < -0.39 is 0 Å². The summed E-state index contributed by atoms with van der Waals surface area (Å²) in [4.78, 5) is 13.7. The largest absolute Gasteiger partial charge is 0.486 e. The molecule has 2 heterocycles. The maximum atomic E-state index is 12.2. The molecule has 1 saturated heterocycles. The molecule has 3 rings (SSSR count). The van der Waals surface area contributed by atoms with Gasteiger partial charge in [-0.1, -0.05) is 26.0 Å². The van der Waals surface area contributed by atoms with Crippen molar-refractivity contribution >= 4 is 29.3 Å². The van der Waals surface area contributed by atoms with Crippen molar-refractivity contribution in [2.24, 2.45) is 0 Å². The van der Waals surface area contributed by atoms with E-state index in [1.165, 1.54) is 10.5 Å².